The Kier molecular flexibility index (Phi) is 3.87. The minimum absolute atomic E-state index is 0.202. The van der Waals surface area contributed by atoms with Crippen LogP contribution < -0.4 is 10.9 Å². The zero-order valence-corrected chi connectivity index (χ0v) is 14.1. The Labute approximate surface area is 144 Å². The van der Waals surface area contributed by atoms with Crippen molar-refractivity contribution in [3.8, 4) is 0 Å². The van der Waals surface area contributed by atoms with Gasteiger partial charge in [0.15, 0.2) is 5.65 Å². The molecule has 4 rings (SSSR count). The predicted octanol–water partition coefficient (Wildman–Crippen LogP) is 1.87. The summed E-state index contributed by atoms with van der Waals surface area (Å²) in [5, 5.41) is 5.74. The van der Waals surface area contributed by atoms with Gasteiger partial charge in [-0.25, -0.2) is 9.50 Å². The zero-order chi connectivity index (χ0) is 17.4. The molecule has 0 saturated carbocycles. The maximum atomic E-state index is 12.4. The van der Waals surface area contributed by atoms with Crippen LogP contribution in [0, 0.1) is 12.8 Å². The number of nitrogens with one attached hydrogen (secondary N) is 2. The smallest absolute Gasteiger partial charge is 0.272 e. The van der Waals surface area contributed by atoms with Crippen molar-refractivity contribution in [1.82, 2.24) is 19.9 Å². The average molecular weight is 336 g/mol. The summed E-state index contributed by atoms with van der Waals surface area (Å²) in [4.78, 5) is 28.6. The highest BCUT2D eigenvalue weighted by Gasteiger charge is 2.21. The summed E-state index contributed by atoms with van der Waals surface area (Å²) in [7, 11) is 0. The van der Waals surface area contributed by atoms with Gasteiger partial charge in [-0.05, 0) is 43.2 Å². The van der Waals surface area contributed by atoms with E-state index >= 15 is 0 Å². The first-order valence-electron chi connectivity index (χ1n) is 8.54. The number of carbonyl (C=O) groups is 1. The Bertz CT molecular complexity index is 977. The molecule has 25 heavy (non-hydrogen) atoms. The van der Waals surface area contributed by atoms with Gasteiger partial charge in [-0.15, -0.1) is 0 Å². The summed E-state index contributed by atoms with van der Waals surface area (Å²) >= 11 is 0. The number of aryl methyl sites for hydroxylation is 1. The first kappa shape index (κ1) is 15.6. The fraction of sp³-hybridized carbons (Fsp3) is 0.316. The Hall–Kier alpha value is -2.89. The molecule has 0 unspecified atom stereocenters. The molecule has 1 amide bonds. The van der Waals surface area contributed by atoms with Crippen LogP contribution in [0.25, 0.3) is 5.65 Å². The van der Waals surface area contributed by atoms with E-state index in [1.54, 1.807) is 6.92 Å². The lowest BCUT2D eigenvalue weighted by molar-refractivity contribution is 0.0953. The molecule has 3 aromatic rings. The van der Waals surface area contributed by atoms with Crippen molar-refractivity contribution in [2.24, 2.45) is 5.92 Å². The standard InChI is InChI=1S/C19H20N4O2/c1-12-8-17(24)23-18(22-12)16(11-21-23)19(25)20-7-6-13-9-14-4-2-3-5-15(14)10-13/h2-5,8,11,13,21H,6-7,9-10H2,1H3,(H,20,25). The monoisotopic (exact) mass is 336 g/mol. The van der Waals surface area contributed by atoms with Gasteiger partial charge in [0, 0.05) is 24.5 Å². The molecule has 1 aliphatic carbocycles. The van der Waals surface area contributed by atoms with E-state index in [0.29, 0.717) is 29.4 Å². The first-order chi connectivity index (χ1) is 12.1. The number of aromatic amines is 1. The van der Waals surface area contributed by atoms with Crippen LogP contribution in [0.3, 0.4) is 0 Å². The Morgan fingerprint density at radius 1 is 1.32 bits per heavy atom. The third-order valence-electron chi connectivity index (χ3n) is 4.84. The van der Waals surface area contributed by atoms with Gasteiger partial charge in [0.2, 0.25) is 0 Å². The topological polar surface area (TPSA) is 79.3 Å². The molecule has 0 atom stereocenters. The number of H-pyrrole nitrogens is 1. The second-order valence-electron chi connectivity index (χ2n) is 6.67. The number of aromatic nitrogens is 3. The van der Waals surface area contributed by atoms with Gasteiger partial charge < -0.3 is 5.32 Å². The van der Waals surface area contributed by atoms with Crippen LogP contribution in [0.15, 0.2) is 41.3 Å². The molecule has 0 fully saturated rings. The molecular weight excluding hydrogens is 316 g/mol. The van der Waals surface area contributed by atoms with Crippen molar-refractivity contribution in [2.45, 2.75) is 26.2 Å². The summed E-state index contributed by atoms with van der Waals surface area (Å²) in [6, 6.07) is 9.97. The lowest BCUT2D eigenvalue weighted by Gasteiger charge is -2.09. The van der Waals surface area contributed by atoms with Crippen LogP contribution >= 0.6 is 0 Å². The number of benzene rings is 1. The summed E-state index contributed by atoms with van der Waals surface area (Å²) in [5.41, 5.74) is 4.00. The number of amides is 1. The molecule has 0 saturated heterocycles. The SMILES string of the molecule is Cc1cc(=O)n2[nH]cc(C(=O)NCCC3Cc4ccccc4C3)c2n1. The highest BCUT2D eigenvalue weighted by molar-refractivity contribution is 5.99. The van der Waals surface area contributed by atoms with Gasteiger partial charge in [0.05, 0.1) is 0 Å². The number of hydrogen-bond donors (Lipinski definition) is 2. The molecule has 1 aromatic carbocycles. The van der Waals surface area contributed by atoms with Crippen molar-refractivity contribution < 1.29 is 4.79 Å². The maximum absolute atomic E-state index is 12.4. The molecule has 0 bridgehead atoms. The number of hydrogen-bond acceptors (Lipinski definition) is 3. The van der Waals surface area contributed by atoms with E-state index in [1.807, 2.05) is 0 Å². The van der Waals surface area contributed by atoms with E-state index in [0.717, 1.165) is 19.3 Å². The summed E-state index contributed by atoms with van der Waals surface area (Å²) in [5.74, 6) is 0.371. The molecule has 2 heterocycles. The van der Waals surface area contributed by atoms with Gasteiger partial charge in [0.25, 0.3) is 11.5 Å². The average Bonchev–Trinajstić information content (AvgIpc) is 3.18. The van der Waals surface area contributed by atoms with Crippen molar-refractivity contribution in [1.29, 1.82) is 0 Å². The third-order valence-corrected chi connectivity index (χ3v) is 4.84. The molecule has 6 heteroatoms. The lowest BCUT2D eigenvalue weighted by atomic mass is 10.0. The lowest BCUT2D eigenvalue weighted by Crippen LogP contribution is -2.26. The van der Waals surface area contributed by atoms with Gasteiger partial charge >= 0.3 is 0 Å². The third kappa shape index (κ3) is 2.95. The van der Waals surface area contributed by atoms with Crippen molar-refractivity contribution in [2.75, 3.05) is 6.54 Å². The fourth-order valence-electron chi connectivity index (χ4n) is 3.60. The number of nitrogens with zero attached hydrogens (tertiary/aromatic N) is 2. The molecule has 2 N–H and O–H groups in total. The van der Waals surface area contributed by atoms with E-state index < -0.39 is 0 Å². The highest BCUT2D eigenvalue weighted by atomic mass is 16.2. The zero-order valence-electron chi connectivity index (χ0n) is 14.1. The van der Waals surface area contributed by atoms with E-state index in [4.69, 9.17) is 0 Å². The quantitative estimate of drug-likeness (QED) is 0.763. The van der Waals surface area contributed by atoms with E-state index in [-0.39, 0.29) is 11.5 Å². The summed E-state index contributed by atoms with van der Waals surface area (Å²) in [6.45, 7) is 2.36. The van der Waals surface area contributed by atoms with E-state index in [9.17, 15) is 9.59 Å². The molecular formula is C19H20N4O2. The van der Waals surface area contributed by atoms with Crippen LogP contribution in [0.5, 0.6) is 0 Å². The van der Waals surface area contributed by atoms with Crippen molar-refractivity contribution in [3.05, 3.63) is 69.3 Å². The summed E-state index contributed by atoms with van der Waals surface area (Å²) < 4.78 is 1.29. The molecule has 1 aliphatic rings. The number of carbonyl (C=O) groups excluding carboxylic acids is 1. The van der Waals surface area contributed by atoms with Crippen LogP contribution in [-0.2, 0) is 12.8 Å². The second kappa shape index (κ2) is 6.20. The largest absolute Gasteiger partial charge is 0.352 e. The molecule has 6 nitrogen and oxygen atoms in total. The molecule has 2 aromatic heterocycles. The number of rotatable bonds is 4. The number of fused-ring (bicyclic) bond motifs is 2. The van der Waals surface area contributed by atoms with Crippen molar-refractivity contribution >= 4 is 11.6 Å². The van der Waals surface area contributed by atoms with Gasteiger partial charge in [-0.1, -0.05) is 24.3 Å². The Balaban J connectivity index is 1.40. The fourth-order valence-corrected chi connectivity index (χ4v) is 3.60. The maximum Gasteiger partial charge on any atom is 0.272 e. The Morgan fingerprint density at radius 2 is 2.04 bits per heavy atom. The predicted molar refractivity (Wildman–Crippen MR) is 94.8 cm³/mol. The molecule has 0 radical (unpaired) electrons. The van der Waals surface area contributed by atoms with Gasteiger partial charge in [-0.3, -0.25) is 14.7 Å². The normalized spacial score (nSPS) is 14.0. The second-order valence-corrected chi connectivity index (χ2v) is 6.67. The molecule has 0 spiro atoms. The van der Waals surface area contributed by atoms with E-state index in [2.05, 4.69) is 39.7 Å². The Morgan fingerprint density at radius 3 is 2.76 bits per heavy atom. The molecule has 0 aliphatic heterocycles. The van der Waals surface area contributed by atoms with Gasteiger partial charge in [0.1, 0.15) is 5.56 Å². The first-order valence-corrected chi connectivity index (χ1v) is 8.54. The van der Waals surface area contributed by atoms with Crippen molar-refractivity contribution in [3.63, 3.8) is 0 Å². The van der Waals surface area contributed by atoms with Crippen LogP contribution in [-0.4, -0.2) is 27.0 Å². The van der Waals surface area contributed by atoms with Crippen LogP contribution in [0.4, 0.5) is 0 Å². The van der Waals surface area contributed by atoms with Crippen LogP contribution in [0.1, 0.15) is 33.6 Å². The highest BCUT2D eigenvalue weighted by Crippen LogP contribution is 2.28. The minimum Gasteiger partial charge on any atom is -0.352 e. The summed E-state index contributed by atoms with van der Waals surface area (Å²) in [6.07, 6.45) is 4.63. The van der Waals surface area contributed by atoms with Crippen LogP contribution in [0.2, 0.25) is 0 Å². The minimum atomic E-state index is -0.217. The van der Waals surface area contributed by atoms with E-state index in [1.165, 1.54) is 27.9 Å². The molecule has 128 valence electrons. The van der Waals surface area contributed by atoms with Gasteiger partial charge in [-0.2, -0.15) is 0 Å².